The predicted octanol–water partition coefficient (Wildman–Crippen LogP) is 1.33. The number of methoxy groups -OCH3 is 1. The maximum atomic E-state index is 11.8. The van der Waals surface area contributed by atoms with E-state index >= 15 is 0 Å². The van der Waals surface area contributed by atoms with Crippen molar-refractivity contribution in [2.45, 2.75) is 12.8 Å². The maximum absolute atomic E-state index is 11.8. The summed E-state index contributed by atoms with van der Waals surface area (Å²) in [5, 5.41) is 3.82. The van der Waals surface area contributed by atoms with Crippen LogP contribution in [0, 0.1) is 0 Å². The summed E-state index contributed by atoms with van der Waals surface area (Å²) in [6.07, 6.45) is 4.95. The molecule has 1 saturated heterocycles. The molecule has 0 radical (unpaired) electrons. The molecule has 1 aromatic carbocycles. The first kappa shape index (κ1) is 17.5. The monoisotopic (exact) mass is 331 g/mol. The number of ether oxygens (including phenoxy) is 2. The summed E-state index contributed by atoms with van der Waals surface area (Å²) in [6, 6.07) is 5.22. The predicted molar refractivity (Wildman–Crippen MR) is 90.2 cm³/mol. The summed E-state index contributed by atoms with van der Waals surface area (Å²) in [7, 11) is 1.54. The van der Waals surface area contributed by atoms with E-state index in [1.807, 2.05) is 0 Å². The highest BCUT2D eigenvalue weighted by atomic mass is 16.5. The fourth-order valence-corrected chi connectivity index (χ4v) is 2.31. The van der Waals surface area contributed by atoms with Crippen LogP contribution in [0.3, 0.4) is 0 Å². The van der Waals surface area contributed by atoms with Crippen molar-refractivity contribution in [2.24, 2.45) is 5.10 Å². The Kier molecular flexibility index (Phi) is 6.36. The highest BCUT2D eigenvalue weighted by molar-refractivity contribution is 6.35. The highest BCUT2D eigenvalue weighted by Gasteiger charge is 2.23. The number of likely N-dealkylation sites (tertiary alicyclic amines) is 1. The fraction of sp³-hybridized carbons (Fsp3) is 0.353. The fourth-order valence-electron chi connectivity index (χ4n) is 2.31. The molecule has 0 spiro atoms. The number of hydrogen-bond acceptors (Lipinski definition) is 5. The minimum Gasteiger partial charge on any atom is -0.493 e. The molecule has 2 rings (SSSR count). The molecule has 1 aromatic rings. The third kappa shape index (κ3) is 4.58. The summed E-state index contributed by atoms with van der Waals surface area (Å²) in [4.78, 5) is 25.1. The first-order chi connectivity index (χ1) is 11.7. The molecular formula is C17H21N3O4. The van der Waals surface area contributed by atoms with Crippen LogP contribution in [0.2, 0.25) is 0 Å². The van der Waals surface area contributed by atoms with Gasteiger partial charge in [-0.3, -0.25) is 9.59 Å². The molecule has 0 saturated carbocycles. The lowest BCUT2D eigenvalue weighted by atomic mass is 10.2. The van der Waals surface area contributed by atoms with Crippen LogP contribution in [0.1, 0.15) is 18.4 Å². The molecule has 7 nitrogen and oxygen atoms in total. The summed E-state index contributed by atoms with van der Waals surface area (Å²) in [5.74, 6) is -0.149. The topological polar surface area (TPSA) is 80.2 Å². The Labute approximate surface area is 140 Å². The zero-order chi connectivity index (χ0) is 17.4. The van der Waals surface area contributed by atoms with Crippen molar-refractivity contribution in [3.63, 3.8) is 0 Å². The summed E-state index contributed by atoms with van der Waals surface area (Å²) < 4.78 is 10.7. The van der Waals surface area contributed by atoms with Crippen molar-refractivity contribution in [3.05, 3.63) is 36.4 Å². The first-order valence-corrected chi connectivity index (χ1v) is 7.69. The Bertz CT molecular complexity index is 637. The van der Waals surface area contributed by atoms with Crippen molar-refractivity contribution in [3.8, 4) is 11.5 Å². The van der Waals surface area contributed by atoms with Gasteiger partial charge in [-0.05, 0) is 36.6 Å². The number of amides is 2. The Morgan fingerprint density at radius 2 is 2.08 bits per heavy atom. The van der Waals surface area contributed by atoms with E-state index in [0.717, 1.165) is 12.8 Å². The maximum Gasteiger partial charge on any atom is 0.329 e. The molecule has 0 aromatic heterocycles. The van der Waals surface area contributed by atoms with Crippen molar-refractivity contribution in [1.29, 1.82) is 0 Å². The number of nitrogens with one attached hydrogen (secondary N) is 1. The molecule has 1 fully saturated rings. The molecule has 1 aliphatic heterocycles. The van der Waals surface area contributed by atoms with Crippen LogP contribution >= 0.6 is 0 Å². The van der Waals surface area contributed by atoms with Gasteiger partial charge in [-0.1, -0.05) is 12.7 Å². The summed E-state index contributed by atoms with van der Waals surface area (Å²) in [6.45, 7) is 5.21. The van der Waals surface area contributed by atoms with E-state index in [2.05, 4.69) is 17.1 Å². The second-order valence-electron chi connectivity index (χ2n) is 5.21. The van der Waals surface area contributed by atoms with Crippen molar-refractivity contribution >= 4 is 18.0 Å². The Balaban J connectivity index is 1.94. The lowest BCUT2D eigenvalue weighted by Gasteiger charge is -2.12. The summed E-state index contributed by atoms with van der Waals surface area (Å²) in [5.41, 5.74) is 2.95. The quantitative estimate of drug-likeness (QED) is 0.369. The number of benzene rings is 1. The van der Waals surface area contributed by atoms with Gasteiger partial charge in [-0.25, -0.2) is 5.43 Å². The van der Waals surface area contributed by atoms with Gasteiger partial charge in [0.05, 0.1) is 13.3 Å². The molecular weight excluding hydrogens is 310 g/mol. The van der Waals surface area contributed by atoms with Crippen LogP contribution in [0.5, 0.6) is 11.5 Å². The lowest BCUT2D eigenvalue weighted by Crippen LogP contribution is -2.39. The Morgan fingerprint density at radius 1 is 1.33 bits per heavy atom. The Hall–Kier alpha value is -2.83. The smallest absolute Gasteiger partial charge is 0.329 e. The molecule has 1 N–H and O–H groups in total. The van der Waals surface area contributed by atoms with Crippen LogP contribution in [0.15, 0.2) is 36.0 Å². The highest BCUT2D eigenvalue weighted by Crippen LogP contribution is 2.27. The van der Waals surface area contributed by atoms with E-state index in [-0.39, 0.29) is 0 Å². The van der Waals surface area contributed by atoms with E-state index in [9.17, 15) is 9.59 Å². The van der Waals surface area contributed by atoms with Crippen LogP contribution < -0.4 is 14.9 Å². The van der Waals surface area contributed by atoms with Crippen molar-refractivity contribution in [2.75, 3.05) is 26.8 Å². The third-order valence-corrected chi connectivity index (χ3v) is 3.51. The summed E-state index contributed by atoms with van der Waals surface area (Å²) >= 11 is 0. The molecule has 0 aliphatic carbocycles. The third-order valence-electron chi connectivity index (χ3n) is 3.51. The van der Waals surface area contributed by atoms with Gasteiger partial charge < -0.3 is 14.4 Å². The van der Waals surface area contributed by atoms with Gasteiger partial charge in [0.15, 0.2) is 11.5 Å². The van der Waals surface area contributed by atoms with Crippen molar-refractivity contribution in [1.82, 2.24) is 10.3 Å². The SMILES string of the molecule is C=CCOc1ccc(C=NNC(=O)C(=O)N2CCCC2)cc1OC. The van der Waals surface area contributed by atoms with Crippen LogP contribution in [0.4, 0.5) is 0 Å². The molecule has 0 atom stereocenters. The number of hydrazone groups is 1. The van der Waals surface area contributed by atoms with E-state index in [4.69, 9.17) is 9.47 Å². The average molecular weight is 331 g/mol. The van der Waals surface area contributed by atoms with E-state index in [1.165, 1.54) is 18.2 Å². The average Bonchev–Trinajstić information content (AvgIpc) is 3.14. The molecule has 0 unspecified atom stereocenters. The van der Waals surface area contributed by atoms with Gasteiger partial charge in [0, 0.05) is 13.1 Å². The molecule has 1 heterocycles. The molecule has 128 valence electrons. The minimum absolute atomic E-state index is 0.373. The van der Waals surface area contributed by atoms with Crippen molar-refractivity contribution < 1.29 is 19.1 Å². The second kappa shape index (κ2) is 8.71. The molecule has 7 heteroatoms. The number of carbonyl (C=O) groups excluding carboxylic acids is 2. The molecule has 2 amide bonds. The van der Waals surface area contributed by atoms with Gasteiger partial charge >= 0.3 is 11.8 Å². The number of hydrogen-bond donors (Lipinski definition) is 1. The zero-order valence-electron chi connectivity index (χ0n) is 13.7. The van der Waals surface area contributed by atoms with E-state index < -0.39 is 11.8 Å². The van der Waals surface area contributed by atoms with Gasteiger partial charge in [-0.15, -0.1) is 0 Å². The molecule has 1 aliphatic rings. The minimum atomic E-state index is -0.731. The van der Waals surface area contributed by atoms with Crippen LogP contribution in [-0.2, 0) is 9.59 Å². The van der Waals surface area contributed by atoms with Crippen LogP contribution in [0.25, 0.3) is 0 Å². The van der Waals surface area contributed by atoms with Crippen LogP contribution in [-0.4, -0.2) is 49.7 Å². The lowest BCUT2D eigenvalue weighted by molar-refractivity contribution is -0.145. The van der Waals surface area contributed by atoms with Gasteiger partial charge in [0.1, 0.15) is 6.61 Å². The molecule has 24 heavy (non-hydrogen) atoms. The van der Waals surface area contributed by atoms with Gasteiger partial charge in [0.25, 0.3) is 0 Å². The standard InChI is InChI=1S/C17H21N3O4/c1-3-10-24-14-7-6-13(11-15(14)23-2)12-18-19-16(21)17(22)20-8-4-5-9-20/h3,6-7,11-12H,1,4-5,8-10H2,2H3,(H,19,21). The van der Waals surface area contributed by atoms with E-state index in [0.29, 0.717) is 36.8 Å². The largest absolute Gasteiger partial charge is 0.493 e. The number of rotatable bonds is 6. The van der Waals surface area contributed by atoms with E-state index in [1.54, 1.807) is 24.3 Å². The second-order valence-corrected chi connectivity index (χ2v) is 5.21. The van der Waals surface area contributed by atoms with Gasteiger partial charge in [0.2, 0.25) is 0 Å². The number of carbonyl (C=O) groups is 2. The zero-order valence-corrected chi connectivity index (χ0v) is 13.7. The number of nitrogens with zero attached hydrogens (tertiary/aromatic N) is 2. The Morgan fingerprint density at radius 3 is 2.75 bits per heavy atom. The first-order valence-electron chi connectivity index (χ1n) is 7.69. The normalized spacial score (nSPS) is 13.8. The molecule has 0 bridgehead atoms. The van der Waals surface area contributed by atoms with Gasteiger partial charge in [-0.2, -0.15) is 5.10 Å².